The zero-order chi connectivity index (χ0) is 13.1. The molecule has 1 amide bonds. The van der Waals surface area contributed by atoms with E-state index < -0.39 is 17.8 Å². The molecule has 1 aromatic rings. The Morgan fingerprint density at radius 3 is 2.76 bits per heavy atom. The zero-order valence-corrected chi connectivity index (χ0v) is 8.96. The van der Waals surface area contributed by atoms with Crippen molar-refractivity contribution in [1.29, 1.82) is 5.26 Å². The molecule has 3 N–H and O–H groups in total. The van der Waals surface area contributed by atoms with Crippen LogP contribution in [0.5, 0.6) is 5.75 Å². The number of nitrogens with one attached hydrogen (secondary N) is 1. The van der Waals surface area contributed by atoms with Gasteiger partial charge in [0.1, 0.15) is 17.4 Å². The summed E-state index contributed by atoms with van der Waals surface area (Å²) in [6.45, 7) is 0. The number of rotatable bonds is 3. The van der Waals surface area contributed by atoms with Crippen molar-refractivity contribution >= 4 is 17.5 Å². The monoisotopic (exact) mass is 261 g/mol. The molecule has 0 heterocycles. The molecule has 0 unspecified atom stereocenters. The fourth-order valence-corrected chi connectivity index (χ4v) is 1.17. The quantitative estimate of drug-likeness (QED) is 0.486. The van der Waals surface area contributed by atoms with Gasteiger partial charge >= 0.3 is 12.0 Å². The molecular weight excluding hydrogens is 256 g/mol. The average molecular weight is 262 g/mol. The topological polar surface area (TPSA) is 88.1 Å². The predicted molar refractivity (Wildman–Crippen MR) is 54.1 cm³/mol. The first kappa shape index (κ1) is 13.2. The van der Waals surface area contributed by atoms with Gasteiger partial charge in [0.25, 0.3) is 0 Å². The lowest BCUT2D eigenvalue weighted by Gasteiger charge is -2.16. The highest BCUT2D eigenvalue weighted by Crippen LogP contribution is 2.29. The van der Waals surface area contributed by atoms with Crippen molar-refractivity contribution in [2.75, 3.05) is 0 Å². The number of nitrogens with two attached hydrogens (primary N) is 1. The molecule has 5 nitrogen and oxygen atoms in total. The Labute approximate surface area is 99.7 Å². The number of amides is 1. The normalized spacial score (nSPS) is 10.5. The minimum Gasteiger partial charge on any atom is -0.424 e. The Morgan fingerprint density at radius 1 is 1.59 bits per heavy atom. The first-order valence-corrected chi connectivity index (χ1v) is 4.56. The van der Waals surface area contributed by atoms with Crippen LogP contribution in [0.3, 0.4) is 0 Å². The molecule has 0 radical (unpaired) electrons. The van der Waals surface area contributed by atoms with Gasteiger partial charge in [0.15, 0.2) is 0 Å². The number of ether oxygens (including phenoxy) is 1. The Morgan fingerprint density at radius 2 is 2.24 bits per heavy atom. The molecule has 1 aromatic carbocycles. The van der Waals surface area contributed by atoms with Crippen LogP contribution in [0.25, 0.3) is 0 Å². The van der Waals surface area contributed by atoms with E-state index in [0.29, 0.717) is 0 Å². The first-order chi connectivity index (χ1) is 7.92. The van der Waals surface area contributed by atoms with E-state index in [9.17, 15) is 13.6 Å². The molecule has 8 heteroatoms. The van der Waals surface area contributed by atoms with Gasteiger partial charge in [-0.3, -0.25) is 10.2 Å². The third-order valence-electron chi connectivity index (χ3n) is 1.72. The number of halogens is 3. The van der Waals surface area contributed by atoms with Crippen LogP contribution >= 0.6 is 11.6 Å². The van der Waals surface area contributed by atoms with E-state index >= 15 is 0 Å². The summed E-state index contributed by atoms with van der Waals surface area (Å²) in [6, 6.07) is 5.30. The molecule has 0 bridgehead atoms. The van der Waals surface area contributed by atoms with Gasteiger partial charge in [-0.1, -0.05) is 17.7 Å². The number of nitrogens with zero attached hydrogens (tertiary/aromatic N) is 1. The van der Waals surface area contributed by atoms with Crippen molar-refractivity contribution in [2.24, 2.45) is 5.84 Å². The van der Waals surface area contributed by atoms with E-state index in [0.717, 1.165) is 6.07 Å². The van der Waals surface area contributed by atoms with E-state index in [2.05, 4.69) is 10.6 Å². The van der Waals surface area contributed by atoms with Crippen molar-refractivity contribution in [1.82, 2.24) is 5.43 Å². The van der Waals surface area contributed by atoms with Crippen molar-refractivity contribution < 1.29 is 18.3 Å². The second kappa shape index (κ2) is 4.95. The Balaban J connectivity index is 3.08. The number of hydrazine groups is 1. The maximum atomic E-state index is 13.1. The van der Waals surface area contributed by atoms with Gasteiger partial charge in [0.2, 0.25) is 0 Å². The molecule has 0 aliphatic heterocycles. The maximum absolute atomic E-state index is 13.1. The van der Waals surface area contributed by atoms with E-state index in [1.165, 1.54) is 17.6 Å². The summed E-state index contributed by atoms with van der Waals surface area (Å²) in [5.74, 6) is 2.22. The van der Waals surface area contributed by atoms with E-state index in [4.69, 9.17) is 16.9 Å². The largest absolute Gasteiger partial charge is 0.483 e. The summed E-state index contributed by atoms with van der Waals surface area (Å²) in [5, 5.41) is 8.65. The number of alkyl halides is 2. The summed E-state index contributed by atoms with van der Waals surface area (Å²) in [5.41, 5.74) is 0.955. The number of benzene rings is 1. The van der Waals surface area contributed by atoms with Crippen molar-refractivity contribution in [3.63, 3.8) is 0 Å². The lowest BCUT2D eigenvalue weighted by molar-refractivity contribution is -0.192. The van der Waals surface area contributed by atoms with Crippen LogP contribution < -0.4 is 16.0 Å². The second-order valence-corrected chi connectivity index (χ2v) is 3.22. The Hall–Kier alpha value is -1.91. The van der Waals surface area contributed by atoms with Gasteiger partial charge < -0.3 is 4.74 Å². The molecular formula is C9H6ClF2N3O2. The van der Waals surface area contributed by atoms with Gasteiger partial charge in [-0.2, -0.15) is 14.0 Å². The number of hydrogen-bond acceptors (Lipinski definition) is 4. The molecule has 0 spiro atoms. The third-order valence-corrected chi connectivity index (χ3v) is 2.04. The minimum absolute atomic E-state index is 0.0612. The minimum atomic E-state index is -4.19. The van der Waals surface area contributed by atoms with Crippen LogP contribution in [-0.4, -0.2) is 12.0 Å². The van der Waals surface area contributed by atoms with Crippen LogP contribution in [0.1, 0.15) is 5.56 Å². The molecule has 0 aliphatic carbocycles. The Kier molecular flexibility index (Phi) is 3.83. The number of hydrogen-bond donors (Lipinski definition) is 2. The van der Waals surface area contributed by atoms with Crippen LogP contribution in [0.2, 0.25) is 5.02 Å². The van der Waals surface area contributed by atoms with Crippen LogP contribution in [0, 0.1) is 11.3 Å². The van der Waals surface area contributed by atoms with E-state index in [-0.39, 0.29) is 10.6 Å². The molecule has 1 rings (SSSR count). The fraction of sp³-hybridized carbons (Fsp3) is 0.111. The molecule has 17 heavy (non-hydrogen) atoms. The first-order valence-electron chi connectivity index (χ1n) is 4.19. The highest BCUT2D eigenvalue weighted by molar-refractivity contribution is 6.31. The lowest BCUT2D eigenvalue weighted by atomic mass is 10.2. The molecule has 90 valence electrons. The second-order valence-electron chi connectivity index (χ2n) is 2.82. The molecule has 0 saturated carbocycles. The molecule has 0 aliphatic rings. The molecule has 0 aromatic heterocycles. The van der Waals surface area contributed by atoms with Crippen molar-refractivity contribution in [3.05, 3.63) is 28.8 Å². The smallest absolute Gasteiger partial charge is 0.424 e. The van der Waals surface area contributed by atoms with Gasteiger partial charge in [0, 0.05) is 0 Å². The fourth-order valence-electron chi connectivity index (χ4n) is 0.966. The third kappa shape index (κ3) is 2.81. The molecule has 0 saturated heterocycles. The van der Waals surface area contributed by atoms with Gasteiger partial charge in [-0.15, -0.1) is 0 Å². The van der Waals surface area contributed by atoms with Gasteiger partial charge in [-0.25, -0.2) is 5.84 Å². The summed E-state index contributed by atoms with van der Waals surface area (Å²) < 4.78 is 30.3. The number of carbonyl (C=O) groups excluding carboxylic acids is 1. The standard InChI is InChI=1S/C9H6ClF2N3O2/c10-6-2-1-3-7(5(6)4-13)17-9(11,12)8(16)15-14/h1-3H,14H2,(H,15,16). The predicted octanol–water partition coefficient (Wildman–Crippen LogP) is 1.17. The van der Waals surface area contributed by atoms with Crippen molar-refractivity contribution in [2.45, 2.75) is 6.11 Å². The summed E-state index contributed by atoms with van der Waals surface area (Å²) >= 11 is 5.60. The summed E-state index contributed by atoms with van der Waals surface area (Å²) in [6.07, 6.45) is -4.19. The zero-order valence-electron chi connectivity index (χ0n) is 8.21. The lowest BCUT2D eigenvalue weighted by Crippen LogP contribution is -2.47. The highest BCUT2D eigenvalue weighted by atomic mass is 35.5. The SMILES string of the molecule is N#Cc1c(Cl)cccc1OC(F)(F)C(=O)NN. The van der Waals surface area contributed by atoms with E-state index in [1.54, 1.807) is 6.07 Å². The van der Waals surface area contributed by atoms with Gasteiger partial charge in [0.05, 0.1) is 5.02 Å². The van der Waals surface area contributed by atoms with Gasteiger partial charge in [-0.05, 0) is 12.1 Å². The number of carbonyl (C=O) groups is 1. The summed E-state index contributed by atoms with van der Waals surface area (Å²) in [4.78, 5) is 10.7. The maximum Gasteiger partial charge on any atom is 0.483 e. The number of nitriles is 1. The molecule has 0 fully saturated rings. The summed E-state index contributed by atoms with van der Waals surface area (Å²) in [7, 11) is 0. The Bertz CT molecular complexity index is 488. The van der Waals surface area contributed by atoms with Crippen molar-refractivity contribution in [3.8, 4) is 11.8 Å². The van der Waals surface area contributed by atoms with Crippen LogP contribution in [-0.2, 0) is 4.79 Å². The van der Waals surface area contributed by atoms with Crippen LogP contribution in [0.15, 0.2) is 18.2 Å². The average Bonchev–Trinajstić information content (AvgIpc) is 2.27. The molecule has 0 atom stereocenters. The highest BCUT2D eigenvalue weighted by Gasteiger charge is 2.42. The van der Waals surface area contributed by atoms with Crippen LogP contribution in [0.4, 0.5) is 8.78 Å². The van der Waals surface area contributed by atoms with E-state index in [1.807, 2.05) is 0 Å².